The molecule has 0 aliphatic carbocycles. The van der Waals surface area contributed by atoms with Crippen molar-refractivity contribution in [1.82, 2.24) is 0 Å². The molecule has 0 bridgehead atoms. The van der Waals surface area contributed by atoms with Crippen LogP contribution in [-0.4, -0.2) is 19.1 Å². The van der Waals surface area contributed by atoms with Gasteiger partial charge in [-0.15, -0.1) is 0 Å². The first kappa shape index (κ1) is 19.6. The average molecular weight is 401 g/mol. The van der Waals surface area contributed by atoms with Gasteiger partial charge in [0.25, 0.3) is 5.91 Å². The zero-order chi connectivity index (χ0) is 18.8. The second-order valence-electron chi connectivity index (χ2n) is 6.38. The largest absolute Gasteiger partial charge is 0.322 e. The van der Waals surface area contributed by atoms with Crippen LogP contribution < -0.4 is 10.0 Å². The van der Waals surface area contributed by atoms with Gasteiger partial charge in [0.15, 0.2) is 0 Å². The second kappa shape index (κ2) is 7.23. The number of benzene rings is 2. The van der Waals surface area contributed by atoms with Crippen LogP contribution in [0, 0.1) is 0 Å². The fraction of sp³-hybridized carbons (Fsp3) is 0.235. The van der Waals surface area contributed by atoms with Gasteiger partial charge < -0.3 is 5.32 Å². The number of amides is 1. The summed E-state index contributed by atoms with van der Waals surface area (Å²) in [7, 11) is -3.52. The predicted octanol–water partition coefficient (Wildman–Crippen LogP) is 4.79. The van der Waals surface area contributed by atoms with Crippen molar-refractivity contribution in [2.75, 3.05) is 10.0 Å². The van der Waals surface area contributed by atoms with Gasteiger partial charge in [-0.2, -0.15) is 0 Å². The van der Waals surface area contributed by atoms with E-state index in [2.05, 4.69) is 10.0 Å². The maximum Gasteiger partial charge on any atom is 0.255 e. The van der Waals surface area contributed by atoms with Crippen molar-refractivity contribution in [3.05, 3.63) is 58.1 Å². The van der Waals surface area contributed by atoms with Crippen LogP contribution in [0.2, 0.25) is 10.0 Å². The minimum atomic E-state index is -3.52. The molecule has 0 aliphatic rings. The van der Waals surface area contributed by atoms with Gasteiger partial charge in [0.05, 0.1) is 14.8 Å². The molecule has 0 spiro atoms. The third-order valence-corrected chi connectivity index (χ3v) is 6.24. The molecule has 0 aromatic heterocycles. The van der Waals surface area contributed by atoms with Crippen molar-refractivity contribution in [1.29, 1.82) is 0 Å². The SMILES string of the molecule is CC(C)(C)S(=O)(=O)Nc1ccc(C(=O)Nc2ccc(Cl)c(Cl)c2)cc1. The number of anilines is 2. The molecule has 0 saturated carbocycles. The maximum atomic E-state index is 12.2. The molecule has 2 aromatic rings. The van der Waals surface area contributed by atoms with E-state index in [0.717, 1.165) is 0 Å². The number of hydrogen-bond acceptors (Lipinski definition) is 3. The molecule has 2 aromatic carbocycles. The van der Waals surface area contributed by atoms with E-state index >= 15 is 0 Å². The summed E-state index contributed by atoms with van der Waals surface area (Å²) in [5.74, 6) is -0.344. The maximum absolute atomic E-state index is 12.2. The van der Waals surface area contributed by atoms with E-state index in [9.17, 15) is 13.2 Å². The fourth-order valence-corrected chi connectivity index (χ4v) is 2.83. The highest BCUT2D eigenvalue weighted by Gasteiger charge is 2.28. The summed E-state index contributed by atoms with van der Waals surface area (Å²) in [4.78, 5) is 12.2. The lowest BCUT2D eigenvalue weighted by Gasteiger charge is -2.20. The van der Waals surface area contributed by atoms with Crippen LogP contribution in [-0.2, 0) is 10.0 Å². The molecular formula is C17H18Cl2N2O3S. The fourth-order valence-electron chi connectivity index (χ4n) is 1.78. The number of nitrogens with one attached hydrogen (secondary N) is 2. The van der Waals surface area contributed by atoms with Crippen molar-refractivity contribution in [3.63, 3.8) is 0 Å². The van der Waals surface area contributed by atoms with Gasteiger partial charge in [-0.05, 0) is 63.2 Å². The number of carbonyl (C=O) groups excluding carboxylic acids is 1. The molecule has 0 heterocycles. The Labute approximate surface area is 157 Å². The predicted molar refractivity (Wildman–Crippen MR) is 103 cm³/mol. The molecule has 0 atom stereocenters. The molecule has 134 valence electrons. The minimum absolute atomic E-state index is 0.339. The lowest BCUT2D eigenvalue weighted by molar-refractivity contribution is 0.102. The molecule has 8 heteroatoms. The van der Waals surface area contributed by atoms with E-state index in [-0.39, 0.29) is 5.91 Å². The van der Waals surface area contributed by atoms with Crippen molar-refractivity contribution in [2.45, 2.75) is 25.5 Å². The first-order valence-corrected chi connectivity index (χ1v) is 9.62. The summed E-state index contributed by atoms with van der Waals surface area (Å²) in [5.41, 5.74) is 1.28. The number of rotatable bonds is 4. The smallest absolute Gasteiger partial charge is 0.255 e. The first-order chi connectivity index (χ1) is 11.5. The lowest BCUT2D eigenvalue weighted by Crippen LogP contribution is -2.33. The quantitative estimate of drug-likeness (QED) is 0.774. The summed E-state index contributed by atoms with van der Waals surface area (Å²) in [6.07, 6.45) is 0. The third kappa shape index (κ3) is 4.87. The van der Waals surface area contributed by atoms with Crippen molar-refractivity contribution >= 4 is 50.5 Å². The Bertz CT molecular complexity index is 889. The number of sulfonamides is 1. The van der Waals surface area contributed by atoms with Crippen LogP contribution in [0.3, 0.4) is 0 Å². The molecule has 5 nitrogen and oxygen atoms in total. The van der Waals surface area contributed by atoms with Crippen LogP contribution in [0.5, 0.6) is 0 Å². The third-order valence-electron chi connectivity index (χ3n) is 3.38. The Morgan fingerprint density at radius 2 is 1.48 bits per heavy atom. The van der Waals surface area contributed by atoms with Crippen molar-refractivity contribution in [3.8, 4) is 0 Å². The standard InChI is InChI=1S/C17H18Cl2N2O3S/c1-17(2,3)25(23,24)21-12-6-4-11(5-7-12)16(22)20-13-8-9-14(18)15(19)10-13/h4-10,21H,1-3H3,(H,20,22). The Morgan fingerprint density at radius 1 is 0.920 bits per heavy atom. The highest BCUT2D eigenvalue weighted by molar-refractivity contribution is 7.94. The van der Waals surface area contributed by atoms with E-state index in [1.54, 1.807) is 39.0 Å². The molecule has 0 aliphatic heterocycles. The number of carbonyl (C=O) groups is 1. The highest BCUT2D eigenvalue weighted by Crippen LogP contribution is 2.25. The molecule has 0 radical (unpaired) electrons. The minimum Gasteiger partial charge on any atom is -0.322 e. The van der Waals surface area contributed by atoms with E-state index in [4.69, 9.17) is 23.2 Å². The normalized spacial score (nSPS) is 11.9. The van der Waals surface area contributed by atoms with Gasteiger partial charge in [0.1, 0.15) is 0 Å². The summed E-state index contributed by atoms with van der Waals surface area (Å²) < 4.78 is 25.8. The molecule has 25 heavy (non-hydrogen) atoms. The van der Waals surface area contributed by atoms with Gasteiger partial charge in [0, 0.05) is 16.9 Å². The molecule has 0 fully saturated rings. The molecule has 2 N–H and O–H groups in total. The van der Waals surface area contributed by atoms with Crippen LogP contribution in [0.15, 0.2) is 42.5 Å². The zero-order valence-electron chi connectivity index (χ0n) is 13.9. The van der Waals surface area contributed by atoms with E-state index < -0.39 is 14.8 Å². The second-order valence-corrected chi connectivity index (χ2v) is 9.63. The van der Waals surface area contributed by atoms with Gasteiger partial charge in [-0.1, -0.05) is 23.2 Å². The van der Waals surface area contributed by atoms with E-state index in [1.165, 1.54) is 24.3 Å². The average Bonchev–Trinajstić information content (AvgIpc) is 2.50. The Balaban J connectivity index is 2.11. The van der Waals surface area contributed by atoms with Gasteiger partial charge in [0.2, 0.25) is 10.0 Å². The molecule has 0 unspecified atom stereocenters. The monoisotopic (exact) mass is 400 g/mol. The van der Waals surface area contributed by atoms with Crippen LogP contribution in [0.4, 0.5) is 11.4 Å². The Morgan fingerprint density at radius 3 is 2.00 bits per heavy atom. The summed E-state index contributed by atoms with van der Waals surface area (Å²) in [5, 5.41) is 3.44. The van der Waals surface area contributed by atoms with Crippen LogP contribution in [0.25, 0.3) is 0 Å². The Hall–Kier alpha value is -1.76. The van der Waals surface area contributed by atoms with E-state index in [1.807, 2.05) is 0 Å². The van der Waals surface area contributed by atoms with Crippen molar-refractivity contribution in [2.24, 2.45) is 0 Å². The lowest BCUT2D eigenvalue weighted by atomic mass is 10.2. The first-order valence-electron chi connectivity index (χ1n) is 7.38. The summed E-state index contributed by atoms with van der Waals surface area (Å²) in [6, 6.07) is 10.9. The van der Waals surface area contributed by atoms with Gasteiger partial charge in [-0.3, -0.25) is 9.52 Å². The molecule has 1 amide bonds. The van der Waals surface area contributed by atoms with Crippen molar-refractivity contribution < 1.29 is 13.2 Å². The summed E-state index contributed by atoms with van der Waals surface area (Å²) in [6.45, 7) is 4.82. The highest BCUT2D eigenvalue weighted by atomic mass is 35.5. The molecule has 2 rings (SSSR count). The number of halogens is 2. The topological polar surface area (TPSA) is 75.3 Å². The summed E-state index contributed by atoms with van der Waals surface area (Å²) >= 11 is 11.7. The number of hydrogen-bond donors (Lipinski definition) is 2. The zero-order valence-corrected chi connectivity index (χ0v) is 16.3. The van der Waals surface area contributed by atoms with Crippen LogP contribution in [0.1, 0.15) is 31.1 Å². The van der Waals surface area contributed by atoms with Gasteiger partial charge in [-0.25, -0.2) is 8.42 Å². The molecule has 0 saturated heterocycles. The van der Waals surface area contributed by atoms with Gasteiger partial charge >= 0.3 is 0 Å². The van der Waals surface area contributed by atoms with Crippen LogP contribution >= 0.6 is 23.2 Å². The Kier molecular flexibility index (Phi) is 5.66. The molecular weight excluding hydrogens is 383 g/mol. The van der Waals surface area contributed by atoms with E-state index in [0.29, 0.717) is 27.0 Å².